The molecule has 440 valence electrons. The van der Waals surface area contributed by atoms with Gasteiger partial charge in [0.2, 0.25) is 5.91 Å². The van der Waals surface area contributed by atoms with Gasteiger partial charge >= 0.3 is 113 Å². The van der Waals surface area contributed by atoms with E-state index in [1.54, 1.807) is 0 Å². The lowest BCUT2D eigenvalue weighted by atomic mass is 9.85. The second-order valence-electron chi connectivity index (χ2n) is 15.7. The van der Waals surface area contributed by atoms with Gasteiger partial charge in [-0.2, -0.15) is 145 Å². The second-order valence-corrected chi connectivity index (χ2v) is 15.7. The van der Waals surface area contributed by atoms with Crippen LogP contribution in [0.1, 0.15) is 39.5 Å². The van der Waals surface area contributed by atoms with E-state index >= 15 is 0 Å². The van der Waals surface area contributed by atoms with Crippen LogP contribution in [-0.2, 0) is 23.9 Å². The molecule has 0 saturated carbocycles. The maximum atomic E-state index is 14.5. The molecule has 0 aromatic rings. The second kappa shape index (κ2) is 20.7. The summed E-state index contributed by atoms with van der Waals surface area (Å²) in [7, 11) is 1.81. The van der Waals surface area contributed by atoms with E-state index in [0.29, 0.717) is 11.8 Å². The number of rotatable bonds is 27. The van der Waals surface area contributed by atoms with E-state index in [-0.39, 0.29) is 0 Å². The Bertz CT molecular complexity index is 1960. The fourth-order valence-corrected chi connectivity index (χ4v) is 5.52. The zero-order valence-corrected chi connectivity index (χ0v) is 35.8. The number of carbonyl (C=O) groups excluding carboxylic acids is 3. The third-order valence-corrected chi connectivity index (χ3v) is 10.2. The highest BCUT2D eigenvalue weighted by atomic mass is 19.4. The quantitative estimate of drug-likeness (QED) is 0.0605. The van der Waals surface area contributed by atoms with Gasteiger partial charge in [0, 0.05) is 20.0 Å². The topological polar surface area (TPSA) is 72.9 Å². The van der Waals surface area contributed by atoms with Crippen LogP contribution in [0.5, 0.6) is 0 Å². The average Bonchev–Trinajstić information content (AvgIpc) is 3.22. The molecule has 0 radical (unpaired) electrons. The van der Waals surface area contributed by atoms with E-state index < -0.39 is 176 Å². The van der Waals surface area contributed by atoms with Crippen molar-refractivity contribution in [3.63, 3.8) is 0 Å². The highest BCUT2D eigenvalue weighted by Crippen LogP contribution is 2.66. The maximum Gasteiger partial charge on any atom is 0.460 e. The smallest absolute Gasteiger partial charge is 0.460 e. The molecule has 0 heterocycles. The molecule has 0 saturated heterocycles. The van der Waals surface area contributed by atoms with Crippen LogP contribution in [-0.4, -0.2) is 151 Å². The Labute approximate surface area is 387 Å². The Morgan fingerprint density at radius 3 is 1.05 bits per heavy atom. The summed E-state index contributed by atoms with van der Waals surface area (Å²) >= 11 is 0. The number of halogens is 35. The van der Waals surface area contributed by atoms with Gasteiger partial charge in [0.15, 0.2) is 6.61 Å². The van der Waals surface area contributed by atoms with E-state index in [9.17, 15) is 168 Å². The number of nitrogens with zero attached hydrogens (tertiary/aromatic N) is 1. The molecular formula is C33H28F35NO5. The van der Waals surface area contributed by atoms with E-state index in [1.165, 1.54) is 0 Å². The average molecular weight is 1180 g/mol. The van der Waals surface area contributed by atoms with Crippen LogP contribution in [0.3, 0.4) is 0 Å². The zero-order chi connectivity index (χ0) is 60.3. The van der Waals surface area contributed by atoms with E-state index in [0.717, 1.165) is 21.0 Å². The largest absolute Gasteiger partial charge is 0.465 e. The number of carbonyl (C=O) groups is 3. The van der Waals surface area contributed by atoms with Gasteiger partial charge in [-0.1, -0.05) is 13.8 Å². The molecule has 1 amide bonds. The minimum Gasteiger partial charge on any atom is -0.465 e. The highest BCUT2D eigenvalue weighted by molar-refractivity contribution is 5.80. The molecule has 3 unspecified atom stereocenters. The molecule has 0 aromatic heterocycles. The van der Waals surface area contributed by atoms with Crippen molar-refractivity contribution in [3.05, 3.63) is 0 Å². The van der Waals surface area contributed by atoms with Gasteiger partial charge in [0.05, 0.1) is 24.9 Å². The van der Waals surface area contributed by atoms with Crippen molar-refractivity contribution in [3.8, 4) is 0 Å². The first-order chi connectivity index (χ1) is 32.0. The Kier molecular flexibility index (Phi) is 19.6. The zero-order valence-electron chi connectivity index (χ0n) is 35.8. The van der Waals surface area contributed by atoms with Gasteiger partial charge in [-0.25, -0.2) is 8.78 Å². The standard InChI is InChI=1S/C33H28F35NO5/c1-5-12(15(71)74-10-19(38,39)22(44,45)25(50,51)27(54,55)26(52,53)23(46,47)20(40,41)17(34)35)9-13(8-11(2)14(70)69(3)4)16(72)73-7-6-18(36,37)21(42,43)24(48,49)28(56,57)29(58,59)30(60,61)31(62,63)32(64,65)33(66,67)68/h11-13,17H,5-10H2,1-4H3. The van der Waals surface area contributed by atoms with Crippen molar-refractivity contribution in [1.29, 1.82) is 0 Å². The van der Waals surface area contributed by atoms with Gasteiger partial charge in [-0.05, 0) is 19.3 Å². The first kappa shape index (κ1) is 70.0. The number of ether oxygens (including phenoxy) is 2. The minimum absolute atomic E-state index is 0.614. The fourth-order valence-electron chi connectivity index (χ4n) is 5.52. The Balaban J connectivity index is 6.90. The molecule has 6 nitrogen and oxygen atoms in total. The number of hydrogen-bond acceptors (Lipinski definition) is 5. The summed E-state index contributed by atoms with van der Waals surface area (Å²) in [5.74, 6) is -142. The van der Waals surface area contributed by atoms with Crippen LogP contribution in [0.25, 0.3) is 0 Å². The van der Waals surface area contributed by atoms with Gasteiger partial charge in [0.1, 0.15) is 0 Å². The maximum absolute atomic E-state index is 14.5. The number of hydrogen-bond donors (Lipinski definition) is 0. The van der Waals surface area contributed by atoms with Crippen molar-refractivity contribution in [1.82, 2.24) is 4.90 Å². The van der Waals surface area contributed by atoms with Crippen LogP contribution >= 0.6 is 0 Å². The third kappa shape index (κ3) is 10.9. The summed E-state index contributed by atoms with van der Waals surface area (Å²) < 4.78 is 486. The first-order valence-electron chi connectivity index (χ1n) is 18.6. The van der Waals surface area contributed by atoms with Crippen molar-refractivity contribution in [2.24, 2.45) is 17.8 Å². The van der Waals surface area contributed by atoms with Gasteiger partial charge in [0.25, 0.3) is 0 Å². The summed E-state index contributed by atoms with van der Waals surface area (Å²) in [6.07, 6.45) is -21.9. The molecule has 0 bridgehead atoms. The Morgan fingerprint density at radius 1 is 0.419 bits per heavy atom. The van der Waals surface area contributed by atoms with E-state index in [4.69, 9.17) is 0 Å². The predicted molar refractivity (Wildman–Crippen MR) is 167 cm³/mol. The number of esters is 2. The molecule has 0 aliphatic carbocycles. The summed E-state index contributed by atoms with van der Waals surface area (Å²) in [5.41, 5.74) is 0. The lowest BCUT2D eigenvalue weighted by Crippen LogP contribution is -2.75. The van der Waals surface area contributed by atoms with Crippen LogP contribution in [0.15, 0.2) is 0 Å². The normalized spacial score (nSPS) is 16.8. The lowest BCUT2D eigenvalue weighted by molar-refractivity contribution is -0.468. The van der Waals surface area contributed by atoms with Gasteiger partial charge < -0.3 is 14.4 Å². The van der Waals surface area contributed by atoms with E-state index in [1.807, 2.05) is 0 Å². The summed E-state index contributed by atoms with van der Waals surface area (Å²) in [6, 6.07) is 0. The molecule has 0 spiro atoms. The van der Waals surface area contributed by atoms with E-state index in [2.05, 4.69) is 9.47 Å². The number of amides is 1. The Hall–Kier alpha value is -4.04. The summed E-state index contributed by atoms with van der Waals surface area (Å²) in [4.78, 5) is 38.4. The van der Waals surface area contributed by atoms with Crippen molar-refractivity contribution >= 4 is 17.8 Å². The molecule has 3 atom stereocenters. The molecule has 0 aliphatic heterocycles. The third-order valence-electron chi connectivity index (χ3n) is 10.2. The molecule has 0 N–H and O–H groups in total. The van der Waals surface area contributed by atoms with Crippen LogP contribution in [0.2, 0.25) is 0 Å². The summed E-state index contributed by atoms with van der Waals surface area (Å²) in [5, 5.41) is 0. The van der Waals surface area contributed by atoms with Crippen LogP contribution < -0.4 is 0 Å². The monoisotopic (exact) mass is 1180 g/mol. The summed E-state index contributed by atoms with van der Waals surface area (Å²) in [6.45, 7) is -5.17. The highest BCUT2D eigenvalue weighted by Gasteiger charge is 2.97. The van der Waals surface area contributed by atoms with Crippen molar-refractivity contribution in [2.75, 3.05) is 27.3 Å². The predicted octanol–water partition coefficient (Wildman–Crippen LogP) is 13.0. The first-order valence-corrected chi connectivity index (χ1v) is 18.6. The van der Waals surface area contributed by atoms with Gasteiger partial charge in [-0.15, -0.1) is 0 Å². The Morgan fingerprint density at radius 2 is 0.730 bits per heavy atom. The lowest BCUT2D eigenvalue weighted by Gasteiger charge is -2.43. The molecule has 74 heavy (non-hydrogen) atoms. The minimum atomic E-state index is -9.31. The molecule has 41 heteroatoms. The molecular weight excluding hydrogens is 1160 g/mol. The molecule has 0 rings (SSSR count). The fraction of sp³-hybridized carbons (Fsp3) is 0.909. The number of alkyl halides is 35. The molecule has 0 aliphatic rings. The van der Waals surface area contributed by atoms with Crippen LogP contribution in [0, 0.1) is 17.8 Å². The molecule has 0 aromatic carbocycles. The van der Waals surface area contributed by atoms with Gasteiger partial charge in [-0.3, -0.25) is 14.4 Å². The molecule has 0 fully saturated rings. The van der Waals surface area contributed by atoms with Crippen LogP contribution in [0.4, 0.5) is 154 Å². The van der Waals surface area contributed by atoms with Crippen molar-refractivity contribution < 1.29 is 178 Å². The SMILES string of the molecule is CCC(CC(CC(C)C(=O)N(C)C)C(=O)OCCC(F)(F)C(F)(F)C(F)(F)C(F)(F)C(F)(F)C(F)(F)C(F)(F)C(F)(F)C(F)(F)F)C(=O)OCC(F)(F)C(F)(F)C(F)(F)C(F)(F)C(F)(F)C(F)(F)C(F)(F)C(F)F. The van der Waals surface area contributed by atoms with Crippen molar-refractivity contribution in [2.45, 2.75) is 141 Å².